The number of nitrogens with zero attached hydrogens (tertiary/aromatic N) is 2. The summed E-state index contributed by atoms with van der Waals surface area (Å²) in [6, 6.07) is 16.3. The highest BCUT2D eigenvalue weighted by Crippen LogP contribution is 2.22. The van der Waals surface area contributed by atoms with Crippen molar-refractivity contribution >= 4 is 23.4 Å². The first kappa shape index (κ1) is 18.3. The second kappa shape index (κ2) is 8.23. The van der Waals surface area contributed by atoms with Gasteiger partial charge in [0.05, 0.1) is 38.3 Å². The predicted octanol–water partition coefficient (Wildman–Crippen LogP) is 2.71. The summed E-state index contributed by atoms with van der Waals surface area (Å²) in [7, 11) is 1.36. The average Bonchev–Trinajstić information content (AvgIpc) is 3.07. The number of ether oxygens (including phenoxy) is 2. The van der Waals surface area contributed by atoms with Crippen molar-refractivity contribution in [2.24, 2.45) is 0 Å². The van der Waals surface area contributed by atoms with Gasteiger partial charge in [-0.15, -0.1) is 0 Å². The maximum atomic E-state index is 12.1. The second-order valence-corrected chi connectivity index (χ2v) is 6.11. The van der Waals surface area contributed by atoms with E-state index in [-0.39, 0.29) is 18.5 Å². The zero-order valence-corrected chi connectivity index (χ0v) is 14.8. The normalized spacial score (nSPS) is 15.8. The summed E-state index contributed by atoms with van der Waals surface area (Å²) in [4.78, 5) is 25.0. The van der Waals surface area contributed by atoms with Gasteiger partial charge in [-0.2, -0.15) is 5.26 Å². The van der Waals surface area contributed by atoms with Crippen molar-refractivity contribution < 1.29 is 19.1 Å². The van der Waals surface area contributed by atoms with Crippen molar-refractivity contribution in [2.45, 2.75) is 12.5 Å². The van der Waals surface area contributed by atoms with Crippen LogP contribution in [0.3, 0.4) is 0 Å². The monoisotopic (exact) mass is 365 g/mol. The van der Waals surface area contributed by atoms with E-state index >= 15 is 0 Å². The topological polar surface area (TPSA) is 91.7 Å². The van der Waals surface area contributed by atoms with E-state index in [0.29, 0.717) is 24.3 Å². The Kier molecular flexibility index (Phi) is 5.57. The van der Waals surface area contributed by atoms with Crippen LogP contribution in [0.2, 0.25) is 0 Å². The van der Waals surface area contributed by atoms with Crippen molar-refractivity contribution in [2.75, 3.05) is 30.4 Å². The molecule has 1 heterocycles. The third-order valence-corrected chi connectivity index (χ3v) is 4.22. The van der Waals surface area contributed by atoms with E-state index in [0.717, 1.165) is 11.3 Å². The van der Waals surface area contributed by atoms with Gasteiger partial charge < -0.3 is 14.8 Å². The number of methoxy groups -OCH3 is 1. The Balaban J connectivity index is 1.58. The highest BCUT2D eigenvalue weighted by atomic mass is 16.6. The number of nitriles is 1. The Morgan fingerprint density at radius 2 is 2.11 bits per heavy atom. The first-order valence-electron chi connectivity index (χ1n) is 8.47. The van der Waals surface area contributed by atoms with Crippen molar-refractivity contribution in [1.29, 1.82) is 5.26 Å². The number of esters is 1. The lowest BCUT2D eigenvalue weighted by molar-refractivity contribution is -0.139. The van der Waals surface area contributed by atoms with Gasteiger partial charge in [-0.05, 0) is 42.0 Å². The minimum Gasteiger partial charge on any atom is -0.469 e. The van der Waals surface area contributed by atoms with Crippen LogP contribution < -0.4 is 10.2 Å². The third kappa shape index (κ3) is 4.55. The zero-order valence-electron chi connectivity index (χ0n) is 14.8. The van der Waals surface area contributed by atoms with E-state index in [4.69, 9.17) is 10.00 Å². The molecule has 3 rings (SSSR count). The molecule has 0 aliphatic carbocycles. The highest BCUT2D eigenvalue weighted by molar-refractivity contribution is 5.89. The summed E-state index contributed by atoms with van der Waals surface area (Å²) in [5.74, 6) is -0.296. The van der Waals surface area contributed by atoms with Crippen molar-refractivity contribution in [3.63, 3.8) is 0 Å². The molecule has 1 unspecified atom stereocenters. The highest BCUT2D eigenvalue weighted by Gasteiger charge is 2.32. The molecule has 7 nitrogen and oxygen atoms in total. The Bertz CT molecular complexity index is 874. The van der Waals surface area contributed by atoms with Gasteiger partial charge >= 0.3 is 12.1 Å². The summed E-state index contributed by atoms with van der Waals surface area (Å²) < 4.78 is 10.1. The molecule has 1 atom stereocenters. The van der Waals surface area contributed by atoms with Crippen LogP contribution in [0.4, 0.5) is 16.2 Å². The molecule has 1 aliphatic rings. The molecule has 1 aliphatic heterocycles. The Hall–Kier alpha value is -3.53. The lowest BCUT2D eigenvalue weighted by atomic mass is 10.1. The third-order valence-electron chi connectivity index (χ3n) is 4.22. The first-order valence-corrected chi connectivity index (χ1v) is 8.47. The minimum absolute atomic E-state index is 0.205. The van der Waals surface area contributed by atoms with Crippen LogP contribution in [-0.4, -0.2) is 38.4 Å². The van der Waals surface area contributed by atoms with Gasteiger partial charge in [-0.3, -0.25) is 9.69 Å². The minimum atomic E-state index is -0.411. The quantitative estimate of drug-likeness (QED) is 0.792. The molecule has 0 radical (unpaired) electrons. The Morgan fingerprint density at radius 3 is 2.81 bits per heavy atom. The van der Waals surface area contributed by atoms with Crippen LogP contribution in [-0.2, 0) is 20.7 Å². The maximum absolute atomic E-state index is 12.1. The summed E-state index contributed by atoms with van der Waals surface area (Å²) in [5, 5.41) is 12.1. The largest absolute Gasteiger partial charge is 0.469 e. The number of cyclic esters (lactones) is 1. The number of carbonyl (C=O) groups is 2. The molecule has 1 amide bonds. The molecule has 2 aromatic rings. The number of amides is 1. The van der Waals surface area contributed by atoms with E-state index in [1.54, 1.807) is 29.2 Å². The lowest BCUT2D eigenvalue weighted by Gasteiger charge is -2.13. The molecule has 0 saturated carbocycles. The Morgan fingerprint density at radius 1 is 1.33 bits per heavy atom. The molecule has 2 aromatic carbocycles. The smallest absolute Gasteiger partial charge is 0.414 e. The molecular weight excluding hydrogens is 346 g/mol. The van der Waals surface area contributed by atoms with Gasteiger partial charge in [-0.1, -0.05) is 12.1 Å². The van der Waals surface area contributed by atoms with Gasteiger partial charge in [0, 0.05) is 11.4 Å². The van der Waals surface area contributed by atoms with Crippen LogP contribution in [0, 0.1) is 11.3 Å². The van der Waals surface area contributed by atoms with E-state index in [2.05, 4.69) is 10.1 Å². The molecule has 27 heavy (non-hydrogen) atoms. The molecule has 0 spiro atoms. The number of benzene rings is 2. The standard InChI is InChI=1S/C20H19N3O4/c1-26-19(24)10-15-3-2-4-16(9-15)22-12-18-13-23(20(25)27-18)17-7-5-14(11-21)6-8-17/h2-9,18,22H,10,12-13H2,1H3. The van der Waals surface area contributed by atoms with Crippen molar-refractivity contribution in [3.05, 3.63) is 59.7 Å². The fraction of sp³-hybridized carbons (Fsp3) is 0.250. The molecule has 1 saturated heterocycles. The molecule has 7 heteroatoms. The fourth-order valence-electron chi connectivity index (χ4n) is 2.82. The van der Waals surface area contributed by atoms with Gasteiger partial charge in [0.25, 0.3) is 0 Å². The second-order valence-electron chi connectivity index (χ2n) is 6.11. The SMILES string of the molecule is COC(=O)Cc1cccc(NCC2CN(c3ccc(C#N)cc3)C(=O)O2)c1. The number of rotatable bonds is 6. The van der Waals surface area contributed by atoms with E-state index in [1.165, 1.54) is 7.11 Å². The summed E-state index contributed by atoms with van der Waals surface area (Å²) in [5.41, 5.74) is 2.91. The van der Waals surface area contributed by atoms with Gasteiger partial charge in [0.15, 0.2) is 0 Å². The summed E-state index contributed by atoms with van der Waals surface area (Å²) in [6.07, 6.45) is -0.514. The fourth-order valence-corrected chi connectivity index (χ4v) is 2.82. The number of anilines is 2. The number of hydrogen-bond acceptors (Lipinski definition) is 6. The predicted molar refractivity (Wildman–Crippen MR) is 99.4 cm³/mol. The Labute approximate surface area is 157 Å². The maximum Gasteiger partial charge on any atom is 0.414 e. The number of hydrogen-bond donors (Lipinski definition) is 1. The van der Waals surface area contributed by atoms with Gasteiger partial charge in [0.1, 0.15) is 6.10 Å². The van der Waals surface area contributed by atoms with Crippen LogP contribution in [0.1, 0.15) is 11.1 Å². The van der Waals surface area contributed by atoms with E-state index < -0.39 is 6.09 Å². The summed E-state index contributed by atoms with van der Waals surface area (Å²) >= 11 is 0. The van der Waals surface area contributed by atoms with Gasteiger partial charge in [0.2, 0.25) is 0 Å². The molecule has 138 valence electrons. The number of carbonyl (C=O) groups excluding carboxylic acids is 2. The van der Waals surface area contributed by atoms with Crippen LogP contribution >= 0.6 is 0 Å². The van der Waals surface area contributed by atoms with Crippen molar-refractivity contribution in [3.8, 4) is 6.07 Å². The van der Waals surface area contributed by atoms with E-state index in [9.17, 15) is 9.59 Å². The molecule has 1 fully saturated rings. The van der Waals surface area contributed by atoms with Gasteiger partial charge in [-0.25, -0.2) is 4.79 Å². The lowest BCUT2D eigenvalue weighted by Crippen LogP contribution is -2.27. The first-order chi connectivity index (χ1) is 13.1. The average molecular weight is 365 g/mol. The molecular formula is C20H19N3O4. The van der Waals surface area contributed by atoms with Crippen LogP contribution in [0.25, 0.3) is 0 Å². The van der Waals surface area contributed by atoms with Crippen LogP contribution in [0.15, 0.2) is 48.5 Å². The van der Waals surface area contributed by atoms with Crippen molar-refractivity contribution in [1.82, 2.24) is 0 Å². The summed E-state index contributed by atoms with van der Waals surface area (Å²) in [6.45, 7) is 0.861. The molecule has 1 N–H and O–H groups in total. The van der Waals surface area contributed by atoms with Crippen LogP contribution in [0.5, 0.6) is 0 Å². The number of nitrogens with one attached hydrogen (secondary N) is 1. The van der Waals surface area contributed by atoms with E-state index in [1.807, 2.05) is 30.3 Å². The zero-order chi connectivity index (χ0) is 19.2. The molecule has 0 bridgehead atoms. The molecule has 0 aromatic heterocycles.